The average molecular weight is 236 g/mol. The maximum Gasteiger partial charge on any atom is 0.306 e. The third-order valence-corrected chi connectivity index (χ3v) is 2.99. The first-order valence-electron chi connectivity index (χ1n) is 6.01. The van der Waals surface area contributed by atoms with Gasteiger partial charge in [-0.2, -0.15) is 0 Å². The molecule has 0 saturated carbocycles. The molecule has 17 heavy (non-hydrogen) atoms. The third kappa shape index (κ3) is 4.19. The number of hydrogen-bond donors (Lipinski definition) is 0. The number of hydrogen-bond acceptors (Lipinski definition) is 3. The summed E-state index contributed by atoms with van der Waals surface area (Å²) in [7, 11) is 0. The van der Waals surface area contributed by atoms with Gasteiger partial charge >= 0.3 is 5.97 Å². The molecule has 3 heteroatoms. The Bertz CT molecular complexity index is 368. The first-order valence-corrected chi connectivity index (χ1v) is 6.01. The van der Waals surface area contributed by atoms with E-state index >= 15 is 0 Å². The second kappa shape index (κ2) is 5.32. The first-order chi connectivity index (χ1) is 8.18. The number of esters is 1. The Morgan fingerprint density at radius 3 is 2.76 bits per heavy atom. The number of rotatable bonds is 6. The van der Waals surface area contributed by atoms with Crippen LogP contribution in [0.25, 0.3) is 0 Å². The van der Waals surface area contributed by atoms with Crippen molar-refractivity contribution in [2.24, 2.45) is 0 Å². The highest BCUT2D eigenvalue weighted by molar-refractivity contribution is 5.69. The molecule has 1 aromatic carbocycles. The zero-order valence-electron chi connectivity index (χ0n) is 10.1. The van der Waals surface area contributed by atoms with Gasteiger partial charge in [0.1, 0.15) is 0 Å². The fraction of sp³-hybridized carbons (Fsp3) is 0.500. The van der Waals surface area contributed by atoms with Crippen LogP contribution in [-0.2, 0) is 20.7 Å². The number of carbonyl (C=O) groups is 1. The van der Waals surface area contributed by atoms with E-state index in [0.717, 1.165) is 19.4 Å². The molecular formula is C14H18O3. The largest absolute Gasteiger partial charge is 0.466 e. The second-order valence-electron chi connectivity index (χ2n) is 4.69. The van der Waals surface area contributed by atoms with Crippen LogP contribution in [0.2, 0.25) is 0 Å². The van der Waals surface area contributed by atoms with Gasteiger partial charge in [0.25, 0.3) is 0 Å². The van der Waals surface area contributed by atoms with E-state index in [4.69, 9.17) is 9.47 Å². The van der Waals surface area contributed by atoms with Crippen LogP contribution in [0.15, 0.2) is 30.3 Å². The molecule has 92 valence electrons. The molecule has 1 fully saturated rings. The van der Waals surface area contributed by atoms with Gasteiger partial charge in [0, 0.05) is 12.8 Å². The molecule has 1 heterocycles. The van der Waals surface area contributed by atoms with Gasteiger partial charge < -0.3 is 9.47 Å². The monoisotopic (exact) mass is 236 g/mol. The van der Waals surface area contributed by atoms with Crippen molar-refractivity contribution in [3.63, 3.8) is 0 Å². The highest BCUT2D eigenvalue weighted by Gasteiger charge is 2.38. The van der Waals surface area contributed by atoms with E-state index < -0.39 is 0 Å². The summed E-state index contributed by atoms with van der Waals surface area (Å²) in [6.07, 6.45) is 1.99. The van der Waals surface area contributed by atoms with Crippen LogP contribution < -0.4 is 0 Å². The van der Waals surface area contributed by atoms with E-state index in [1.807, 2.05) is 37.3 Å². The van der Waals surface area contributed by atoms with Crippen LogP contribution in [0.1, 0.15) is 25.3 Å². The highest BCUT2D eigenvalue weighted by Crippen LogP contribution is 2.29. The summed E-state index contributed by atoms with van der Waals surface area (Å²) in [6.45, 7) is 3.28. The molecule has 1 saturated heterocycles. The van der Waals surface area contributed by atoms with Gasteiger partial charge in [-0.3, -0.25) is 4.79 Å². The number of benzene rings is 1. The molecule has 1 unspecified atom stereocenters. The zero-order valence-corrected chi connectivity index (χ0v) is 10.1. The highest BCUT2D eigenvalue weighted by atomic mass is 18.3. The van der Waals surface area contributed by atoms with Crippen LogP contribution in [0.3, 0.4) is 0 Å². The molecule has 0 aromatic heterocycles. The predicted molar refractivity (Wildman–Crippen MR) is 64.7 cm³/mol. The molecule has 1 atom stereocenters. The van der Waals surface area contributed by atoms with E-state index in [9.17, 15) is 4.79 Å². The lowest BCUT2D eigenvalue weighted by Gasteiger charge is -2.06. The predicted octanol–water partition coefficient (Wildman–Crippen LogP) is 2.34. The smallest absolute Gasteiger partial charge is 0.306 e. The minimum atomic E-state index is -0.127. The van der Waals surface area contributed by atoms with Crippen LogP contribution in [-0.4, -0.2) is 24.8 Å². The summed E-state index contributed by atoms with van der Waals surface area (Å²) in [4.78, 5) is 11.5. The van der Waals surface area contributed by atoms with Gasteiger partial charge in [0.15, 0.2) is 0 Å². The number of aryl methyl sites for hydroxylation is 1. The lowest BCUT2D eigenvalue weighted by molar-refractivity contribution is -0.144. The van der Waals surface area contributed by atoms with E-state index in [2.05, 4.69) is 0 Å². The van der Waals surface area contributed by atoms with Gasteiger partial charge in [-0.15, -0.1) is 0 Å². The molecule has 0 aliphatic carbocycles. The van der Waals surface area contributed by atoms with Gasteiger partial charge in [-0.1, -0.05) is 30.3 Å². The van der Waals surface area contributed by atoms with Crippen LogP contribution in [0.4, 0.5) is 0 Å². The molecular weight excluding hydrogens is 218 g/mol. The van der Waals surface area contributed by atoms with E-state index in [0.29, 0.717) is 13.0 Å². The van der Waals surface area contributed by atoms with E-state index in [1.54, 1.807) is 0 Å². The Kier molecular flexibility index (Phi) is 3.79. The normalized spacial score (nSPS) is 22.2. The number of epoxide rings is 1. The van der Waals surface area contributed by atoms with Gasteiger partial charge in [0.05, 0.1) is 18.8 Å². The molecule has 0 radical (unpaired) electrons. The Morgan fingerprint density at radius 2 is 2.12 bits per heavy atom. The molecule has 0 amide bonds. The van der Waals surface area contributed by atoms with Crippen molar-refractivity contribution in [2.45, 2.75) is 31.8 Å². The Labute approximate surface area is 102 Å². The van der Waals surface area contributed by atoms with Gasteiger partial charge in [-0.05, 0) is 18.9 Å². The quantitative estimate of drug-likeness (QED) is 0.432. The molecule has 0 N–H and O–H groups in total. The molecule has 0 spiro atoms. The average Bonchev–Trinajstić information content (AvgIpc) is 3.06. The summed E-state index contributed by atoms with van der Waals surface area (Å²) in [5.41, 5.74) is 1.14. The van der Waals surface area contributed by atoms with Crippen molar-refractivity contribution >= 4 is 5.97 Å². The van der Waals surface area contributed by atoms with Crippen molar-refractivity contribution < 1.29 is 14.3 Å². The molecule has 2 rings (SSSR count). The SMILES string of the molecule is CC1(CC[18O]C(=O)CCc2ccccc2)CO1. The Balaban J connectivity index is 1.61. The number of ether oxygens (including phenoxy) is 2. The molecule has 1 aliphatic rings. The van der Waals surface area contributed by atoms with Crippen molar-refractivity contribution in [1.82, 2.24) is 0 Å². The van der Waals surface area contributed by atoms with Crippen molar-refractivity contribution in [3.8, 4) is 0 Å². The maximum absolute atomic E-state index is 11.5. The summed E-state index contributed by atoms with van der Waals surface area (Å²) in [5.74, 6) is -0.127. The van der Waals surface area contributed by atoms with Crippen molar-refractivity contribution in [1.29, 1.82) is 0 Å². The van der Waals surface area contributed by atoms with Crippen molar-refractivity contribution in [2.75, 3.05) is 13.2 Å². The molecule has 1 aromatic rings. The topological polar surface area (TPSA) is 38.8 Å². The zero-order chi connectivity index (χ0) is 12.1. The molecule has 0 bridgehead atoms. The minimum absolute atomic E-state index is 0.0281. The Morgan fingerprint density at radius 1 is 1.41 bits per heavy atom. The fourth-order valence-electron chi connectivity index (χ4n) is 1.61. The summed E-state index contributed by atoms with van der Waals surface area (Å²) >= 11 is 0. The molecule has 3 nitrogen and oxygen atoms in total. The molecule has 1 aliphatic heterocycles. The lowest BCUT2D eigenvalue weighted by atomic mass is 10.1. The Hall–Kier alpha value is -1.35. The summed E-state index contributed by atoms with van der Waals surface area (Å²) in [6, 6.07) is 9.97. The lowest BCUT2D eigenvalue weighted by Crippen LogP contribution is -2.13. The van der Waals surface area contributed by atoms with Gasteiger partial charge in [0.2, 0.25) is 0 Å². The van der Waals surface area contributed by atoms with E-state index in [1.165, 1.54) is 5.56 Å². The van der Waals surface area contributed by atoms with Crippen LogP contribution in [0, 0.1) is 0 Å². The minimum Gasteiger partial charge on any atom is -0.466 e. The van der Waals surface area contributed by atoms with Gasteiger partial charge in [-0.25, -0.2) is 0 Å². The number of carbonyl (C=O) groups excluding carboxylic acids is 1. The van der Waals surface area contributed by atoms with Crippen LogP contribution in [0.5, 0.6) is 0 Å². The maximum atomic E-state index is 11.5. The first kappa shape index (κ1) is 12.1. The third-order valence-electron chi connectivity index (χ3n) is 2.99. The standard InChI is InChI=1S/C14H18O3/c1-14(11-17-14)9-10-16-13(15)8-7-12-5-3-2-4-6-12/h2-6H,7-11H2,1H3/i16+2. The summed E-state index contributed by atoms with van der Waals surface area (Å²) in [5, 5.41) is 0. The van der Waals surface area contributed by atoms with E-state index in [-0.39, 0.29) is 11.6 Å². The fourth-order valence-corrected chi connectivity index (χ4v) is 1.61. The van der Waals surface area contributed by atoms with Crippen molar-refractivity contribution in [3.05, 3.63) is 35.9 Å². The second-order valence-corrected chi connectivity index (χ2v) is 4.69. The van der Waals surface area contributed by atoms with Crippen LogP contribution >= 0.6 is 0 Å². The summed E-state index contributed by atoms with van der Waals surface area (Å²) < 4.78 is 10.4.